The molecule has 2 fully saturated rings. The lowest BCUT2D eigenvalue weighted by atomic mass is 9.85. The quantitative estimate of drug-likeness (QED) is 0.0835. The van der Waals surface area contributed by atoms with Crippen molar-refractivity contribution in [2.24, 2.45) is 18.7 Å². The molecule has 2 unspecified atom stereocenters. The van der Waals surface area contributed by atoms with Crippen molar-refractivity contribution in [3.63, 3.8) is 0 Å². The minimum Gasteiger partial charge on any atom is -0.444 e. The molecule has 1 saturated heterocycles. The van der Waals surface area contributed by atoms with Crippen LogP contribution in [0.5, 0.6) is 0 Å². The maximum atomic E-state index is 13.4. The third-order valence-corrected chi connectivity index (χ3v) is 11.6. The number of piperidine rings is 1. The summed E-state index contributed by atoms with van der Waals surface area (Å²) in [6, 6.07) is 7.56. The Labute approximate surface area is 364 Å². The molecule has 22 heteroatoms. The van der Waals surface area contributed by atoms with E-state index < -0.39 is 36.8 Å². The number of carbonyl (C=O) groups excluding carboxylic acids is 4. The van der Waals surface area contributed by atoms with Gasteiger partial charge in [-0.25, -0.2) is 14.8 Å². The van der Waals surface area contributed by atoms with E-state index in [1.807, 2.05) is 18.2 Å². The number of nitrogens with one attached hydrogen (secondary N) is 3. The smallest absolute Gasteiger partial charge is 0.405 e. The molecule has 0 bridgehead atoms. The van der Waals surface area contributed by atoms with Gasteiger partial charge in [0.25, 0.3) is 11.8 Å². The predicted octanol–water partition coefficient (Wildman–Crippen LogP) is 3.91. The van der Waals surface area contributed by atoms with Crippen molar-refractivity contribution in [2.45, 2.75) is 82.3 Å². The van der Waals surface area contributed by atoms with Crippen LogP contribution in [-0.4, -0.2) is 108 Å². The molecule has 6 N–H and O–H groups in total. The number of aryl methyl sites for hydroxylation is 2. The molecule has 0 spiro atoms. The van der Waals surface area contributed by atoms with Crippen molar-refractivity contribution in [1.82, 2.24) is 39.1 Å². The van der Waals surface area contributed by atoms with Crippen LogP contribution in [0.4, 0.5) is 24.7 Å². The molecule has 7 rings (SSSR count). The highest BCUT2D eigenvalue weighted by atomic mass is 19.4. The standard InChI is InChI=1S/C42H50F3N11O8/c1-53(17-5-19-63-18-4-7-24-6-3-8-30-35(24)54(2)41(62)56(30)31-13-14-33(57)51-38(31)60)40(61)25-9-11-27(12-10-25)55-21-28(34(52-55)36(46)58)49-37(59)29-22-64-39(50-29)26-15-16-47-32(20-26)48-23-42(43,44)45/h3,6,8,15-16,20-22,25,27,31,33,57H,4-5,7,9-14,17-19,23H2,1-2H3,(H2,46,58)(H,47,48)(H,49,59)(H,51,60)/t25-,27-,31?,33?. The zero-order valence-electron chi connectivity index (χ0n) is 35.3. The highest BCUT2D eigenvalue weighted by molar-refractivity contribution is 6.07. The normalized spacial score (nSPS) is 19.1. The fourth-order valence-corrected chi connectivity index (χ4v) is 8.33. The van der Waals surface area contributed by atoms with E-state index in [2.05, 4.69) is 31.0 Å². The number of anilines is 2. The largest absolute Gasteiger partial charge is 0.444 e. The molecule has 0 radical (unpaired) electrons. The van der Waals surface area contributed by atoms with Crippen LogP contribution in [-0.2, 0) is 27.8 Å². The van der Waals surface area contributed by atoms with Gasteiger partial charge in [-0.2, -0.15) is 18.3 Å². The van der Waals surface area contributed by atoms with Crippen LogP contribution in [0.25, 0.3) is 22.5 Å². The molecule has 5 heterocycles. The fourth-order valence-electron chi connectivity index (χ4n) is 8.33. The first-order chi connectivity index (χ1) is 30.6. The van der Waals surface area contributed by atoms with Gasteiger partial charge in [0.05, 0.1) is 22.8 Å². The summed E-state index contributed by atoms with van der Waals surface area (Å²) >= 11 is 0. The number of primary amides is 1. The molecule has 1 saturated carbocycles. The van der Waals surface area contributed by atoms with Gasteiger partial charge in [0.2, 0.25) is 17.7 Å². The number of hydrogen-bond acceptors (Lipinski definition) is 12. The highest BCUT2D eigenvalue weighted by Crippen LogP contribution is 2.34. The average molecular weight is 894 g/mol. The van der Waals surface area contributed by atoms with Gasteiger partial charge < -0.3 is 40.8 Å². The van der Waals surface area contributed by atoms with Crippen molar-refractivity contribution >= 4 is 46.2 Å². The summed E-state index contributed by atoms with van der Waals surface area (Å²) < 4.78 is 53.9. The molecule has 1 aliphatic carbocycles. The molecule has 342 valence electrons. The molecule has 4 aromatic heterocycles. The van der Waals surface area contributed by atoms with Crippen LogP contribution in [0.15, 0.2) is 58.2 Å². The fraction of sp³-hybridized carbons (Fsp3) is 0.476. The SMILES string of the molecule is CN(CCCOCCCc1cccc2c1n(C)c(=O)n2C1CCC(O)NC1=O)C(=O)[C@H]1CC[C@H](n2cc(NC(=O)c3coc(-c4ccnc(NCC(F)(F)F)c4)n3)c(C(N)=O)n2)CC1. The van der Waals surface area contributed by atoms with Crippen LogP contribution >= 0.6 is 0 Å². The molecule has 4 amide bonds. The Morgan fingerprint density at radius 3 is 2.58 bits per heavy atom. The second-order valence-corrected chi connectivity index (χ2v) is 16.1. The predicted molar refractivity (Wildman–Crippen MR) is 225 cm³/mol. The van der Waals surface area contributed by atoms with E-state index in [4.69, 9.17) is 14.9 Å². The summed E-state index contributed by atoms with van der Waals surface area (Å²) in [5, 5.41) is 21.5. The lowest BCUT2D eigenvalue weighted by molar-refractivity contribution is -0.135. The van der Waals surface area contributed by atoms with Crippen molar-refractivity contribution in [3.05, 3.63) is 76.4 Å². The van der Waals surface area contributed by atoms with Crippen molar-refractivity contribution in [2.75, 3.05) is 44.0 Å². The van der Waals surface area contributed by atoms with E-state index in [9.17, 15) is 42.3 Å². The number of pyridine rings is 1. The molecule has 2 atom stereocenters. The number of amides is 4. The number of aliphatic hydroxyl groups excluding tert-OH is 1. The average Bonchev–Trinajstić information content (AvgIpc) is 4.00. The van der Waals surface area contributed by atoms with Gasteiger partial charge in [0, 0.05) is 57.7 Å². The molecule has 64 heavy (non-hydrogen) atoms. The Balaban J connectivity index is 0.844. The molecule has 5 aromatic rings. The van der Waals surface area contributed by atoms with Gasteiger partial charge in [-0.3, -0.25) is 33.0 Å². The molecular formula is C42H50F3N11O8. The van der Waals surface area contributed by atoms with E-state index >= 15 is 0 Å². The number of fused-ring (bicyclic) bond motifs is 1. The molecular weight excluding hydrogens is 844 g/mol. The Hall–Kier alpha value is -6.55. The molecule has 2 aliphatic rings. The van der Waals surface area contributed by atoms with Crippen molar-refractivity contribution < 1.29 is 46.6 Å². The molecule has 19 nitrogen and oxygen atoms in total. The van der Waals surface area contributed by atoms with Crippen molar-refractivity contribution in [1.29, 1.82) is 0 Å². The van der Waals surface area contributed by atoms with Crippen LogP contribution in [0.1, 0.15) is 90.0 Å². The number of rotatable bonds is 17. The first-order valence-electron chi connectivity index (χ1n) is 21.0. The number of halogens is 3. The number of oxazole rings is 1. The van der Waals surface area contributed by atoms with Crippen molar-refractivity contribution in [3.8, 4) is 11.5 Å². The lowest BCUT2D eigenvalue weighted by Gasteiger charge is -2.30. The number of benzene rings is 1. The van der Waals surface area contributed by atoms with E-state index in [0.29, 0.717) is 83.1 Å². The Bertz CT molecular complexity index is 2560. The van der Waals surface area contributed by atoms with E-state index in [1.165, 1.54) is 29.1 Å². The Kier molecular flexibility index (Phi) is 13.8. The highest BCUT2D eigenvalue weighted by Gasteiger charge is 2.33. The number of nitrogens with two attached hydrogens (primary N) is 1. The summed E-state index contributed by atoms with van der Waals surface area (Å²) in [5.41, 5.74) is 7.71. The second-order valence-electron chi connectivity index (χ2n) is 16.1. The number of para-hydroxylation sites is 1. The Morgan fingerprint density at radius 1 is 1.08 bits per heavy atom. The Morgan fingerprint density at radius 2 is 1.84 bits per heavy atom. The van der Waals surface area contributed by atoms with Crippen LogP contribution in [0.3, 0.4) is 0 Å². The van der Waals surface area contributed by atoms with Crippen LogP contribution in [0, 0.1) is 5.92 Å². The monoisotopic (exact) mass is 893 g/mol. The van der Waals surface area contributed by atoms with Gasteiger partial charge in [-0.15, -0.1) is 0 Å². The van der Waals surface area contributed by atoms with Gasteiger partial charge in [0.15, 0.2) is 11.4 Å². The number of imidazole rings is 1. The number of aliphatic hydroxyl groups is 1. The summed E-state index contributed by atoms with van der Waals surface area (Å²) in [5.74, 6) is -2.26. The summed E-state index contributed by atoms with van der Waals surface area (Å²) in [4.78, 5) is 74.4. The number of ether oxygens (including phenoxy) is 1. The molecule has 1 aromatic carbocycles. The number of alkyl halides is 3. The lowest BCUT2D eigenvalue weighted by Crippen LogP contribution is -2.46. The third-order valence-electron chi connectivity index (χ3n) is 11.6. The summed E-state index contributed by atoms with van der Waals surface area (Å²) in [6.45, 7) is 0.166. The van der Waals surface area contributed by atoms with E-state index in [0.717, 1.165) is 17.3 Å². The second kappa shape index (κ2) is 19.5. The van der Waals surface area contributed by atoms with Gasteiger partial charge in [-0.05, 0) is 81.5 Å². The van der Waals surface area contributed by atoms with E-state index in [-0.39, 0.29) is 63.8 Å². The first kappa shape index (κ1) is 45.5. The van der Waals surface area contributed by atoms with Gasteiger partial charge in [0.1, 0.15) is 30.9 Å². The zero-order chi connectivity index (χ0) is 45.7. The summed E-state index contributed by atoms with van der Waals surface area (Å²) in [6.07, 6.45) is 3.55. The van der Waals surface area contributed by atoms with Gasteiger partial charge >= 0.3 is 11.9 Å². The number of nitrogens with zero attached hydrogens (tertiary/aromatic N) is 7. The first-order valence-corrected chi connectivity index (χ1v) is 21.0. The number of carbonyl (C=O) groups is 4. The maximum absolute atomic E-state index is 13.4. The van der Waals surface area contributed by atoms with Crippen LogP contribution < -0.4 is 27.4 Å². The third kappa shape index (κ3) is 10.4. The van der Waals surface area contributed by atoms with E-state index in [1.54, 1.807) is 28.2 Å². The number of hydrogen-bond donors (Lipinski definition) is 5. The summed E-state index contributed by atoms with van der Waals surface area (Å²) in [7, 11) is 3.47. The topological polar surface area (TPSA) is 247 Å². The zero-order valence-corrected chi connectivity index (χ0v) is 35.3. The molecule has 1 aliphatic heterocycles. The minimum absolute atomic E-state index is 0.0322. The van der Waals surface area contributed by atoms with Crippen LogP contribution in [0.2, 0.25) is 0 Å². The van der Waals surface area contributed by atoms with Gasteiger partial charge in [-0.1, -0.05) is 12.1 Å². The maximum Gasteiger partial charge on any atom is 0.405 e. The number of aromatic nitrogens is 6. The minimum atomic E-state index is -4.45.